The summed E-state index contributed by atoms with van der Waals surface area (Å²) in [6.07, 6.45) is 2.25. The molecule has 7 nitrogen and oxygen atoms in total. The van der Waals surface area contributed by atoms with Gasteiger partial charge in [-0.1, -0.05) is 13.8 Å². The predicted octanol–water partition coefficient (Wildman–Crippen LogP) is 1.04. The lowest BCUT2D eigenvalue weighted by Gasteiger charge is -2.33. The number of carboxylic acid groups (broad SMARTS) is 2. The van der Waals surface area contributed by atoms with Crippen LogP contribution in [0.3, 0.4) is 0 Å². The molecule has 0 spiro atoms. The van der Waals surface area contributed by atoms with E-state index in [-0.39, 0.29) is 6.04 Å². The van der Waals surface area contributed by atoms with Crippen LogP contribution in [0.1, 0.15) is 39.5 Å². The summed E-state index contributed by atoms with van der Waals surface area (Å²) >= 11 is 0. The Kier molecular flexibility index (Phi) is 5.79. The highest BCUT2D eigenvalue weighted by Gasteiger charge is 2.28. The first-order chi connectivity index (χ1) is 9.29. The molecular formula is C13H22N2O5. The highest BCUT2D eigenvalue weighted by atomic mass is 16.4. The highest BCUT2D eigenvalue weighted by molar-refractivity contribution is 5.86. The lowest BCUT2D eigenvalue weighted by molar-refractivity contribution is -0.145. The number of carboxylic acids is 2. The first kappa shape index (κ1) is 16.3. The molecule has 114 valence electrons. The van der Waals surface area contributed by atoms with Crippen molar-refractivity contribution in [1.82, 2.24) is 10.6 Å². The van der Waals surface area contributed by atoms with Gasteiger partial charge in [-0.25, -0.2) is 9.59 Å². The standard InChI is InChI=1S/C13H22N2O5/c1-7-3-4-9(8(2)5-7)14-13(20)15-10(12(18)19)6-11(16)17/h7-10H,3-6H2,1-2H3,(H,16,17)(H,18,19)(H2,14,15,20)/t7?,8?,9?,10-/m1/s1. The summed E-state index contributed by atoms with van der Waals surface area (Å²) in [6.45, 7) is 4.21. The molecule has 0 bridgehead atoms. The molecule has 4 N–H and O–H groups in total. The van der Waals surface area contributed by atoms with E-state index in [0.717, 1.165) is 19.3 Å². The molecular weight excluding hydrogens is 264 g/mol. The Morgan fingerprint density at radius 2 is 1.85 bits per heavy atom. The van der Waals surface area contributed by atoms with Crippen LogP contribution in [0.4, 0.5) is 4.79 Å². The second-order valence-corrected chi connectivity index (χ2v) is 5.61. The summed E-state index contributed by atoms with van der Waals surface area (Å²) in [7, 11) is 0. The highest BCUT2D eigenvalue weighted by Crippen LogP contribution is 2.28. The van der Waals surface area contributed by atoms with Crippen molar-refractivity contribution in [1.29, 1.82) is 0 Å². The van der Waals surface area contributed by atoms with Gasteiger partial charge in [-0.2, -0.15) is 0 Å². The van der Waals surface area contributed by atoms with Crippen LogP contribution < -0.4 is 10.6 Å². The van der Waals surface area contributed by atoms with Crippen LogP contribution >= 0.6 is 0 Å². The lowest BCUT2D eigenvalue weighted by atomic mass is 9.80. The maximum atomic E-state index is 11.8. The number of nitrogens with one attached hydrogen (secondary N) is 2. The number of carbonyl (C=O) groups is 3. The van der Waals surface area contributed by atoms with Crippen LogP contribution in [0.25, 0.3) is 0 Å². The number of urea groups is 1. The van der Waals surface area contributed by atoms with Crippen LogP contribution in [-0.2, 0) is 9.59 Å². The molecule has 4 atom stereocenters. The van der Waals surface area contributed by atoms with Crippen molar-refractivity contribution < 1.29 is 24.6 Å². The van der Waals surface area contributed by atoms with Gasteiger partial charge in [-0.05, 0) is 31.1 Å². The molecule has 0 aromatic rings. The number of hydrogen-bond acceptors (Lipinski definition) is 3. The van der Waals surface area contributed by atoms with Gasteiger partial charge in [0, 0.05) is 6.04 Å². The third kappa shape index (κ3) is 5.07. The summed E-state index contributed by atoms with van der Waals surface area (Å²) in [5.74, 6) is -1.66. The van der Waals surface area contributed by atoms with Crippen molar-refractivity contribution in [2.24, 2.45) is 11.8 Å². The predicted molar refractivity (Wildman–Crippen MR) is 71.3 cm³/mol. The maximum Gasteiger partial charge on any atom is 0.326 e. The molecule has 1 saturated carbocycles. The molecule has 3 unspecified atom stereocenters. The van der Waals surface area contributed by atoms with Crippen molar-refractivity contribution in [3.8, 4) is 0 Å². The Hall–Kier alpha value is -1.79. The average molecular weight is 286 g/mol. The third-order valence-electron chi connectivity index (χ3n) is 3.73. The Bertz CT molecular complexity index is 385. The smallest absolute Gasteiger partial charge is 0.326 e. The van der Waals surface area contributed by atoms with Crippen molar-refractivity contribution in [2.75, 3.05) is 0 Å². The molecule has 7 heteroatoms. The van der Waals surface area contributed by atoms with E-state index in [1.807, 2.05) is 6.92 Å². The van der Waals surface area contributed by atoms with E-state index in [1.165, 1.54) is 0 Å². The van der Waals surface area contributed by atoms with E-state index in [1.54, 1.807) is 0 Å². The number of rotatable bonds is 5. The van der Waals surface area contributed by atoms with Gasteiger partial charge in [0.15, 0.2) is 0 Å². The van der Waals surface area contributed by atoms with Crippen LogP contribution in [0.15, 0.2) is 0 Å². The largest absolute Gasteiger partial charge is 0.481 e. The van der Waals surface area contributed by atoms with Gasteiger partial charge in [0.05, 0.1) is 6.42 Å². The van der Waals surface area contributed by atoms with Gasteiger partial charge in [-0.15, -0.1) is 0 Å². The van der Waals surface area contributed by atoms with Crippen LogP contribution in [-0.4, -0.2) is 40.3 Å². The van der Waals surface area contributed by atoms with Crippen molar-refractivity contribution >= 4 is 18.0 Å². The van der Waals surface area contributed by atoms with Gasteiger partial charge in [-0.3, -0.25) is 4.79 Å². The van der Waals surface area contributed by atoms with Gasteiger partial charge in [0.25, 0.3) is 0 Å². The summed E-state index contributed by atoms with van der Waals surface area (Å²) in [5.41, 5.74) is 0. The number of aliphatic carboxylic acids is 2. The van der Waals surface area contributed by atoms with Gasteiger partial charge < -0.3 is 20.8 Å². The molecule has 0 heterocycles. The summed E-state index contributed by atoms with van der Waals surface area (Å²) in [4.78, 5) is 33.2. The minimum atomic E-state index is -1.41. The molecule has 0 aromatic carbocycles. The summed E-state index contributed by atoms with van der Waals surface area (Å²) in [5, 5.41) is 22.4. The quantitative estimate of drug-likeness (QED) is 0.602. The first-order valence-electron chi connectivity index (χ1n) is 6.81. The van der Waals surface area contributed by atoms with E-state index in [2.05, 4.69) is 17.6 Å². The number of carbonyl (C=O) groups excluding carboxylic acids is 1. The van der Waals surface area contributed by atoms with Crippen LogP contribution in [0.2, 0.25) is 0 Å². The number of hydrogen-bond donors (Lipinski definition) is 4. The lowest BCUT2D eigenvalue weighted by Crippen LogP contribution is -2.52. The first-order valence-corrected chi connectivity index (χ1v) is 6.81. The molecule has 0 radical (unpaired) electrons. The number of amides is 2. The fourth-order valence-corrected chi connectivity index (χ4v) is 2.62. The van der Waals surface area contributed by atoms with E-state index >= 15 is 0 Å². The van der Waals surface area contributed by atoms with E-state index < -0.39 is 30.4 Å². The molecule has 1 aliphatic rings. The molecule has 1 rings (SSSR count). The third-order valence-corrected chi connectivity index (χ3v) is 3.73. The monoisotopic (exact) mass is 286 g/mol. The topological polar surface area (TPSA) is 116 Å². The minimum Gasteiger partial charge on any atom is -0.481 e. The van der Waals surface area contributed by atoms with Crippen molar-refractivity contribution in [2.45, 2.75) is 51.6 Å². The zero-order valence-corrected chi connectivity index (χ0v) is 11.8. The van der Waals surface area contributed by atoms with Crippen LogP contribution in [0, 0.1) is 11.8 Å². The normalized spacial score (nSPS) is 27.4. The minimum absolute atomic E-state index is 0.00507. The van der Waals surface area contributed by atoms with E-state index in [0.29, 0.717) is 11.8 Å². The molecule has 20 heavy (non-hydrogen) atoms. The zero-order valence-electron chi connectivity index (χ0n) is 11.8. The second-order valence-electron chi connectivity index (χ2n) is 5.61. The fraction of sp³-hybridized carbons (Fsp3) is 0.769. The van der Waals surface area contributed by atoms with Gasteiger partial charge in [0.2, 0.25) is 0 Å². The van der Waals surface area contributed by atoms with Crippen molar-refractivity contribution in [3.05, 3.63) is 0 Å². The zero-order chi connectivity index (χ0) is 15.3. The maximum absolute atomic E-state index is 11.8. The molecule has 2 amide bonds. The van der Waals surface area contributed by atoms with E-state index in [9.17, 15) is 14.4 Å². The Balaban J connectivity index is 2.49. The summed E-state index contributed by atoms with van der Waals surface area (Å²) < 4.78 is 0. The fourth-order valence-electron chi connectivity index (χ4n) is 2.62. The Labute approximate surface area is 117 Å². The molecule has 1 fully saturated rings. The second kappa shape index (κ2) is 7.12. The SMILES string of the molecule is CC1CCC(NC(=O)N[C@H](CC(=O)O)C(=O)O)C(C)C1. The molecule has 0 aliphatic heterocycles. The Morgan fingerprint density at radius 3 is 2.35 bits per heavy atom. The molecule has 1 aliphatic carbocycles. The Morgan fingerprint density at radius 1 is 1.20 bits per heavy atom. The van der Waals surface area contributed by atoms with Crippen LogP contribution in [0.5, 0.6) is 0 Å². The van der Waals surface area contributed by atoms with E-state index in [4.69, 9.17) is 10.2 Å². The summed E-state index contributed by atoms with van der Waals surface area (Å²) in [6, 6.07) is -2.03. The molecule has 0 saturated heterocycles. The van der Waals surface area contributed by atoms with Crippen molar-refractivity contribution in [3.63, 3.8) is 0 Å². The van der Waals surface area contributed by atoms with Gasteiger partial charge in [0.1, 0.15) is 6.04 Å². The van der Waals surface area contributed by atoms with Gasteiger partial charge >= 0.3 is 18.0 Å². The average Bonchev–Trinajstić information content (AvgIpc) is 2.31. The molecule has 0 aromatic heterocycles.